The van der Waals surface area contributed by atoms with E-state index in [1.165, 1.54) is 7.11 Å². The summed E-state index contributed by atoms with van der Waals surface area (Å²) in [7, 11) is 1.52. The Morgan fingerprint density at radius 3 is 2.71 bits per heavy atom. The molecule has 1 amide bonds. The third-order valence-corrected chi connectivity index (χ3v) is 2.61. The quantitative estimate of drug-likeness (QED) is 0.922. The predicted molar refractivity (Wildman–Crippen MR) is 73.5 cm³/mol. The van der Waals surface area contributed by atoms with Crippen molar-refractivity contribution in [2.75, 3.05) is 19.0 Å². The maximum absolute atomic E-state index is 13.3. The second-order valence-corrected chi connectivity index (χ2v) is 4.14. The molecule has 0 aliphatic carbocycles. The van der Waals surface area contributed by atoms with Gasteiger partial charge >= 0.3 is 0 Å². The van der Waals surface area contributed by atoms with E-state index in [1.54, 1.807) is 24.3 Å². The summed E-state index contributed by atoms with van der Waals surface area (Å²) in [5.74, 6) is -1.62. The summed E-state index contributed by atoms with van der Waals surface area (Å²) < 4.78 is 36.1. The first kappa shape index (κ1) is 14.8. The molecule has 110 valence electrons. The van der Waals surface area contributed by atoms with Crippen LogP contribution < -0.4 is 14.8 Å². The number of halogens is 2. The molecule has 0 atom stereocenters. The highest BCUT2D eigenvalue weighted by molar-refractivity contribution is 5.92. The second kappa shape index (κ2) is 6.69. The third kappa shape index (κ3) is 4.17. The van der Waals surface area contributed by atoms with Gasteiger partial charge < -0.3 is 14.8 Å². The molecule has 0 aliphatic rings. The number of nitrogens with one attached hydrogen (secondary N) is 1. The maximum atomic E-state index is 13.3. The fourth-order valence-electron chi connectivity index (χ4n) is 1.63. The molecule has 1 N–H and O–H groups in total. The van der Waals surface area contributed by atoms with Gasteiger partial charge in [0.2, 0.25) is 0 Å². The van der Waals surface area contributed by atoms with Crippen LogP contribution in [-0.2, 0) is 4.79 Å². The monoisotopic (exact) mass is 293 g/mol. The van der Waals surface area contributed by atoms with Crippen molar-refractivity contribution in [2.45, 2.75) is 0 Å². The Bertz CT molecular complexity index is 647. The van der Waals surface area contributed by atoms with E-state index in [4.69, 9.17) is 9.47 Å². The number of amides is 1. The van der Waals surface area contributed by atoms with Gasteiger partial charge in [-0.15, -0.1) is 0 Å². The number of ether oxygens (including phenoxy) is 2. The molecule has 2 rings (SSSR count). The van der Waals surface area contributed by atoms with Crippen LogP contribution in [0.15, 0.2) is 42.5 Å². The molecule has 0 saturated carbocycles. The first-order valence-electron chi connectivity index (χ1n) is 6.10. The number of hydrogen-bond acceptors (Lipinski definition) is 3. The van der Waals surface area contributed by atoms with E-state index in [1.807, 2.05) is 0 Å². The van der Waals surface area contributed by atoms with Gasteiger partial charge in [-0.1, -0.05) is 6.07 Å². The summed E-state index contributed by atoms with van der Waals surface area (Å²) in [6, 6.07) is 9.64. The van der Waals surface area contributed by atoms with Gasteiger partial charge in [0.1, 0.15) is 11.6 Å². The summed E-state index contributed by atoms with van der Waals surface area (Å²) in [6.45, 7) is -0.389. The molecule has 0 radical (unpaired) electrons. The SMILES string of the molecule is COc1cccc(NC(=O)COc2ccc(F)cc2F)c1. The smallest absolute Gasteiger partial charge is 0.262 e. The first-order valence-corrected chi connectivity index (χ1v) is 6.10. The van der Waals surface area contributed by atoms with E-state index in [-0.39, 0.29) is 12.4 Å². The Morgan fingerprint density at radius 2 is 2.00 bits per heavy atom. The van der Waals surface area contributed by atoms with Crippen LogP contribution in [0.2, 0.25) is 0 Å². The molecule has 21 heavy (non-hydrogen) atoms. The maximum Gasteiger partial charge on any atom is 0.262 e. The molecular weight excluding hydrogens is 280 g/mol. The van der Waals surface area contributed by atoms with Crippen LogP contribution >= 0.6 is 0 Å². The number of benzene rings is 2. The van der Waals surface area contributed by atoms with Crippen molar-refractivity contribution >= 4 is 11.6 Å². The van der Waals surface area contributed by atoms with Crippen LogP contribution in [0.3, 0.4) is 0 Å². The van der Waals surface area contributed by atoms with E-state index >= 15 is 0 Å². The van der Waals surface area contributed by atoms with Gasteiger partial charge in [-0.25, -0.2) is 8.78 Å². The topological polar surface area (TPSA) is 47.6 Å². The lowest BCUT2D eigenvalue weighted by Crippen LogP contribution is -2.20. The molecule has 0 fully saturated rings. The molecule has 4 nitrogen and oxygen atoms in total. The Morgan fingerprint density at radius 1 is 1.19 bits per heavy atom. The average Bonchev–Trinajstić information content (AvgIpc) is 2.46. The number of rotatable bonds is 5. The summed E-state index contributed by atoms with van der Waals surface area (Å²) in [5.41, 5.74) is 0.530. The van der Waals surface area contributed by atoms with Gasteiger partial charge in [-0.05, 0) is 24.3 Å². The van der Waals surface area contributed by atoms with Crippen LogP contribution in [0.25, 0.3) is 0 Å². The highest BCUT2D eigenvalue weighted by Crippen LogP contribution is 2.18. The zero-order valence-corrected chi connectivity index (χ0v) is 11.2. The molecule has 2 aromatic carbocycles. The van der Waals surface area contributed by atoms with Crippen molar-refractivity contribution in [1.29, 1.82) is 0 Å². The zero-order chi connectivity index (χ0) is 15.2. The Kier molecular flexibility index (Phi) is 4.71. The van der Waals surface area contributed by atoms with Crippen LogP contribution in [0.4, 0.5) is 14.5 Å². The predicted octanol–water partition coefficient (Wildman–Crippen LogP) is 2.99. The van der Waals surface area contributed by atoms with E-state index in [9.17, 15) is 13.6 Å². The molecule has 0 aromatic heterocycles. The van der Waals surface area contributed by atoms with E-state index < -0.39 is 17.5 Å². The van der Waals surface area contributed by atoms with Crippen molar-refractivity contribution in [3.05, 3.63) is 54.1 Å². The number of methoxy groups -OCH3 is 1. The number of anilines is 1. The van der Waals surface area contributed by atoms with Crippen LogP contribution in [-0.4, -0.2) is 19.6 Å². The minimum Gasteiger partial charge on any atom is -0.497 e. The molecule has 0 aliphatic heterocycles. The highest BCUT2D eigenvalue weighted by Gasteiger charge is 2.08. The van der Waals surface area contributed by atoms with Gasteiger partial charge in [0.15, 0.2) is 18.2 Å². The van der Waals surface area contributed by atoms with Gasteiger partial charge in [0, 0.05) is 17.8 Å². The van der Waals surface area contributed by atoms with Crippen LogP contribution in [0, 0.1) is 11.6 Å². The lowest BCUT2D eigenvalue weighted by Gasteiger charge is -2.09. The van der Waals surface area contributed by atoms with Crippen LogP contribution in [0.5, 0.6) is 11.5 Å². The lowest BCUT2D eigenvalue weighted by molar-refractivity contribution is -0.118. The number of carbonyl (C=O) groups is 1. The number of hydrogen-bond donors (Lipinski definition) is 1. The van der Waals surface area contributed by atoms with Crippen molar-refractivity contribution in [3.63, 3.8) is 0 Å². The first-order chi connectivity index (χ1) is 10.1. The summed E-state index contributed by atoms with van der Waals surface area (Å²) >= 11 is 0. The van der Waals surface area contributed by atoms with E-state index in [0.29, 0.717) is 17.5 Å². The standard InChI is InChI=1S/C15H13F2NO3/c1-20-12-4-2-3-11(8-12)18-15(19)9-21-14-6-5-10(16)7-13(14)17/h2-8H,9H2,1H3,(H,18,19). The summed E-state index contributed by atoms with van der Waals surface area (Å²) in [6.07, 6.45) is 0. The van der Waals surface area contributed by atoms with Crippen molar-refractivity contribution < 1.29 is 23.0 Å². The van der Waals surface area contributed by atoms with Crippen LogP contribution in [0.1, 0.15) is 0 Å². The Hall–Kier alpha value is -2.63. The molecule has 0 saturated heterocycles. The van der Waals surface area contributed by atoms with Gasteiger partial charge in [0.25, 0.3) is 5.91 Å². The van der Waals surface area contributed by atoms with E-state index in [2.05, 4.69) is 5.32 Å². The van der Waals surface area contributed by atoms with Crippen molar-refractivity contribution in [2.24, 2.45) is 0 Å². The minimum atomic E-state index is -0.857. The molecular formula is C15H13F2NO3. The second-order valence-electron chi connectivity index (χ2n) is 4.14. The molecule has 0 spiro atoms. The van der Waals surface area contributed by atoms with Gasteiger partial charge in [0.05, 0.1) is 7.11 Å². The molecule has 0 heterocycles. The highest BCUT2D eigenvalue weighted by atomic mass is 19.1. The van der Waals surface area contributed by atoms with Gasteiger partial charge in [-0.3, -0.25) is 4.79 Å². The zero-order valence-electron chi connectivity index (χ0n) is 11.2. The lowest BCUT2D eigenvalue weighted by atomic mass is 10.3. The normalized spacial score (nSPS) is 10.0. The number of carbonyl (C=O) groups excluding carboxylic acids is 1. The van der Waals surface area contributed by atoms with E-state index in [0.717, 1.165) is 12.1 Å². The van der Waals surface area contributed by atoms with Gasteiger partial charge in [-0.2, -0.15) is 0 Å². The molecule has 0 bridgehead atoms. The largest absolute Gasteiger partial charge is 0.497 e. The average molecular weight is 293 g/mol. The Balaban J connectivity index is 1.92. The Labute approximate surface area is 120 Å². The third-order valence-electron chi connectivity index (χ3n) is 2.61. The summed E-state index contributed by atoms with van der Waals surface area (Å²) in [5, 5.41) is 2.58. The summed E-state index contributed by atoms with van der Waals surface area (Å²) in [4.78, 5) is 11.7. The fraction of sp³-hybridized carbons (Fsp3) is 0.133. The molecule has 2 aromatic rings. The van der Waals surface area contributed by atoms with Crippen molar-refractivity contribution in [3.8, 4) is 11.5 Å². The fourth-order valence-corrected chi connectivity index (χ4v) is 1.63. The minimum absolute atomic E-state index is 0.183. The van der Waals surface area contributed by atoms with Crippen molar-refractivity contribution in [1.82, 2.24) is 0 Å². The molecule has 0 unspecified atom stereocenters. The molecule has 6 heteroatoms.